The highest BCUT2D eigenvalue weighted by Gasteiger charge is 2.16. The molecule has 0 aromatic carbocycles. The number of amides is 2. The molecule has 1 rings (SSSR count). The number of carbonyl (C=O) groups is 2. The van der Waals surface area contributed by atoms with Crippen LogP contribution in [0.2, 0.25) is 0 Å². The van der Waals surface area contributed by atoms with Gasteiger partial charge in [-0.25, -0.2) is 0 Å². The summed E-state index contributed by atoms with van der Waals surface area (Å²) in [5, 5.41) is 6.15. The van der Waals surface area contributed by atoms with Gasteiger partial charge in [0, 0.05) is 25.9 Å². The second-order valence-corrected chi connectivity index (χ2v) is 11.1. The van der Waals surface area contributed by atoms with E-state index in [-0.39, 0.29) is 24.2 Å². The highest BCUT2D eigenvalue weighted by atomic mass is 35.5. The standard InChI is InChI=1S/C31H60N4O2.ClH/c1-3-5-7-9-11-13-15-17-19-21-30(36)32-23-25-34-27-28-35(29-34)26-24-33-31(37)22-20-18-16-14-12-10-8-6-4-2;/h27-28H,3-26,29H2,1-2H3,(H,32,36)(H,33,37);1H. The van der Waals surface area contributed by atoms with Gasteiger partial charge in [-0.15, -0.1) is 0 Å². The quantitative estimate of drug-likeness (QED) is 0.144. The van der Waals surface area contributed by atoms with E-state index in [1.54, 1.807) is 0 Å². The van der Waals surface area contributed by atoms with Gasteiger partial charge in [0.2, 0.25) is 11.8 Å². The van der Waals surface area contributed by atoms with Crippen LogP contribution in [-0.2, 0) is 9.59 Å². The van der Waals surface area contributed by atoms with Crippen molar-refractivity contribution in [1.82, 2.24) is 15.5 Å². The van der Waals surface area contributed by atoms with E-state index >= 15 is 0 Å². The van der Waals surface area contributed by atoms with Crippen LogP contribution >= 0.6 is 0 Å². The largest absolute Gasteiger partial charge is 1.00 e. The molecule has 0 saturated heterocycles. The Morgan fingerprint density at radius 1 is 0.658 bits per heavy atom. The molecular weight excluding hydrogens is 496 g/mol. The SMILES string of the molecule is CCCCCCCCCCCC(=O)NCCN1C=C[NH+](CCNC(=O)CCCCCCCCCCC)C1.[Cl-]. The average Bonchev–Trinajstić information content (AvgIpc) is 3.34. The molecule has 0 aromatic heterocycles. The molecule has 0 bridgehead atoms. The summed E-state index contributed by atoms with van der Waals surface area (Å²) in [5.74, 6) is 0.377. The van der Waals surface area contributed by atoms with Gasteiger partial charge in [0.1, 0.15) is 12.7 Å². The summed E-state index contributed by atoms with van der Waals surface area (Å²) in [4.78, 5) is 27.8. The first kappa shape index (κ1) is 36.7. The number of nitrogens with one attached hydrogen (secondary N) is 3. The third-order valence-electron chi connectivity index (χ3n) is 7.43. The van der Waals surface area contributed by atoms with Gasteiger partial charge in [-0.3, -0.25) is 14.5 Å². The molecule has 2 amide bonds. The first-order valence-electron chi connectivity index (χ1n) is 16.0. The molecule has 38 heavy (non-hydrogen) atoms. The zero-order chi connectivity index (χ0) is 26.8. The van der Waals surface area contributed by atoms with E-state index in [1.165, 1.54) is 108 Å². The Morgan fingerprint density at radius 3 is 1.55 bits per heavy atom. The minimum absolute atomic E-state index is 0. The molecule has 1 atom stereocenters. The van der Waals surface area contributed by atoms with Gasteiger partial charge >= 0.3 is 0 Å². The van der Waals surface area contributed by atoms with Crippen molar-refractivity contribution in [2.45, 2.75) is 142 Å². The van der Waals surface area contributed by atoms with E-state index in [2.05, 4.69) is 41.8 Å². The van der Waals surface area contributed by atoms with Crippen LogP contribution < -0.4 is 27.9 Å². The number of quaternary nitrogens is 1. The zero-order valence-electron chi connectivity index (χ0n) is 25.0. The van der Waals surface area contributed by atoms with Gasteiger partial charge in [0.15, 0.2) is 6.67 Å². The monoisotopic (exact) mass is 556 g/mol. The maximum atomic E-state index is 12.1. The Labute approximate surface area is 241 Å². The highest BCUT2D eigenvalue weighted by molar-refractivity contribution is 5.76. The molecule has 0 saturated carbocycles. The molecule has 0 spiro atoms. The molecule has 1 heterocycles. The number of halogens is 1. The molecule has 1 aliphatic heterocycles. The normalized spacial score (nSPS) is 14.5. The van der Waals surface area contributed by atoms with Crippen molar-refractivity contribution in [1.29, 1.82) is 0 Å². The van der Waals surface area contributed by atoms with E-state index < -0.39 is 0 Å². The van der Waals surface area contributed by atoms with Crippen LogP contribution in [0.25, 0.3) is 0 Å². The Balaban J connectivity index is 0.0000137. The summed E-state index contributed by atoms with van der Waals surface area (Å²) in [5.41, 5.74) is 0. The Bertz CT molecular complexity index is 540. The molecule has 224 valence electrons. The van der Waals surface area contributed by atoms with Crippen LogP contribution in [0, 0.1) is 0 Å². The van der Waals surface area contributed by atoms with Crippen LogP contribution in [0.3, 0.4) is 0 Å². The molecule has 0 fully saturated rings. The van der Waals surface area contributed by atoms with Crippen molar-refractivity contribution in [2.75, 3.05) is 32.8 Å². The number of hydrogen-bond acceptors (Lipinski definition) is 3. The molecule has 1 unspecified atom stereocenters. The third-order valence-corrected chi connectivity index (χ3v) is 7.43. The molecule has 3 N–H and O–H groups in total. The fourth-order valence-electron chi connectivity index (χ4n) is 4.96. The van der Waals surface area contributed by atoms with Gasteiger partial charge in [-0.2, -0.15) is 0 Å². The van der Waals surface area contributed by atoms with Crippen LogP contribution in [0.4, 0.5) is 0 Å². The van der Waals surface area contributed by atoms with E-state index in [9.17, 15) is 9.59 Å². The van der Waals surface area contributed by atoms with E-state index in [1.807, 2.05) is 0 Å². The Morgan fingerprint density at radius 2 is 1.08 bits per heavy atom. The molecule has 0 radical (unpaired) electrons. The predicted octanol–water partition coefficient (Wildman–Crippen LogP) is 2.69. The summed E-state index contributed by atoms with van der Waals surface area (Å²) in [6.45, 7) is 8.58. The van der Waals surface area contributed by atoms with Crippen molar-refractivity contribution in [2.24, 2.45) is 0 Å². The fourth-order valence-corrected chi connectivity index (χ4v) is 4.96. The predicted molar refractivity (Wildman–Crippen MR) is 156 cm³/mol. The minimum Gasteiger partial charge on any atom is -1.00 e. The van der Waals surface area contributed by atoms with Crippen molar-refractivity contribution in [3.05, 3.63) is 12.4 Å². The fraction of sp³-hybridized carbons (Fsp3) is 0.871. The topological polar surface area (TPSA) is 65.9 Å². The van der Waals surface area contributed by atoms with Gasteiger partial charge < -0.3 is 27.9 Å². The average molecular weight is 557 g/mol. The summed E-state index contributed by atoms with van der Waals surface area (Å²) < 4.78 is 0. The number of unbranched alkanes of at least 4 members (excludes halogenated alkanes) is 16. The number of rotatable bonds is 26. The maximum Gasteiger partial charge on any atom is 0.220 e. The summed E-state index contributed by atoms with van der Waals surface area (Å²) >= 11 is 0. The van der Waals surface area contributed by atoms with E-state index in [4.69, 9.17) is 0 Å². The lowest BCUT2D eigenvalue weighted by atomic mass is 10.1. The zero-order valence-corrected chi connectivity index (χ0v) is 25.7. The molecule has 0 aromatic rings. The summed E-state index contributed by atoms with van der Waals surface area (Å²) in [6.07, 6.45) is 28.6. The molecular formula is C31H61ClN4O2. The van der Waals surface area contributed by atoms with Crippen LogP contribution in [0.1, 0.15) is 142 Å². The smallest absolute Gasteiger partial charge is 0.220 e. The minimum atomic E-state index is 0. The van der Waals surface area contributed by atoms with Gasteiger partial charge in [-0.1, -0.05) is 117 Å². The van der Waals surface area contributed by atoms with Crippen LogP contribution in [0.5, 0.6) is 0 Å². The Kier molecular flexibility index (Phi) is 26.4. The van der Waals surface area contributed by atoms with Crippen LogP contribution in [-0.4, -0.2) is 49.6 Å². The summed E-state index contributed by atoms with van der Waals surface area (Å²) in [6, 6.07) is 0. The lowest BCUT2D eigenvalue weighted by Crippen LogP contribution is -3.08. The first-order valence-corrected chi connectivity index (χ1v) is 16.0. The number of carbonyl (C=O) groups excluding carboxylic acids is 2. The second-order valence-electron chi connectivity index (χ2n) is 11.1. The number of hydrogen-bond donors (Lipinski definition) is 3. The molecule has 6 nitrogen and oxygen atoms in total. The summed E-state index contributed by atoms with van der Waals surface area (Å²) in [7, 11) is 0. The third kappa shape index (κ3) is 22.7. The molecule has 0 aliphatic carbocycles. The Hall–Kier alpha value is -1.27. The van der Waals surface area contributed by atoms with Gasteiger partial charge in [-0.05, 0) is 12.8 Å². The van der Waals surface area contributed by atoms with Crippen molar-refractivity contribution in [3.63, 3.8) is 0 Å². The van der Waals surface area contributed by atoms with E-state index in [0.717, 1.165) is 39.1 Å². The maximum absolute atomic E-state index is 12.1. The lowest BCUT2D eigenvalue weighted by molar-refractivity contribution is -0.847. The van der Waals surface area contributed by atoms with Crippen molar-refractivity contribution in [3.8, 4) is 0 Å². The first-order chi connectivity index (χ1) is 18.2. The highest BCUT2D eigenvalue weighted by Crippen LogP contribution is 2.11. The molecule has 1 aliphatic rings. The van der Waals surface area contributed by atoms with E-state index in [0.29, 0.717) is 19.4 Å². The van der Waals surface area contributed by atoms with Gasteiger partial charge in [0.05, 0.1) is 12.7 Å². The van der Waals surface area contributed by atoms with Gasteiger partial charge in [0.25, 0.3) is 0 Å². The van der Waals surface area contributed by atoms with Crippen molar-refractivity contribution >= 4 is 11.8 Å². The van der Waals surface area contributed by atoms with Crippen LogP contribution in [0.15, 0.2) is 12.4 Å². The lowest BCUT2D eigenvalue weighted by Gasteiger charge is -2.17. The molecule has 7 heteroatoms. The van der Waals surface area contributed by atoms with Crippen molar-refractivity contribution < 1.29 is 26.9 Å². The second kappa shape index (κ2) is 27.3. The number of nitrogens with zero attached hydrogens (tertiary/aromatic N) is 1.